The molecule has 0 aliphatic carbocycles. The van der Waals surface area contributed by atoms with E-state index < -0.39 is 60.6 Å². The maximum absolute atomic E-state index is 12.1. The number of hydrogen-bond donors (Lipinski definition) is 1. The molecule has 1 fully saturated rings. The zero-order valence-corrected chi connectivity index (χ0v) is 18.2. The third kappa shape index (κ3) is 9.20. The lowest BCUT2D eigenvalue weighted by Crippen LogP contribution is -2.66. The quantitative estimate of drug-likeness (QED) is 0.300. The molecule has 1 heterocycles. The summed E-state index contributed by atoms with van der Waals surface area (Å²) in [5.41, 5.74) is 0. The molecule has 5 unspecified atom stereocenters. The zero-order chi connectivity index (χ0) is 23.6. The van der Waals surface area contributed by atoms with E-state index in [2.05, 4.69) is 5.32 Å². The van der Waals surface area contributed by atoms with E-state index in [-0.39, 0.29) is 13.2 Å². The molecule has 12 nitrogen and oxygen atoms in total. The average molecular weight is 447 g/mol. The number of ether oxygens (including phenoxy) is 6. The number of unbranched alkanes of at least 4 members (excludes halogenated alkanes) is 1. The molecular weight excluding hydrogens is 418 g/mol. The van der Waals surface area contributed by atoms with E-state index in [1.165, 1.54) is 0 Å². The van der Waals surface area contributed by atoms with Crippen LogP contribution >= 0.6 is 0 Å². The van der Waals surface area contributed by atoms with Crippen molar-refractivity contribution < 1.29 is 52.4 Å². The van der Waals surface area contributed by atoms with Gasteiger partial charge in [-0.1, -0.05) is 13.3 Å². The third-order valence-corrected chi connectivity index (χ3v) is 3.98. The van der Waals surface area contributed by atoms with Gasteiger partial charge in [0, 0.05) is 27.7 Å². The van der Waals surface area contributed by atoms with Gasteiger partial charge in [-0.15, -0.1) is 0 Å². The molecule has 0 radical (unpaired) electrons. The molecule has 0 saturated carbocycles. The van der Waals surface area contributed by atoms with Crippen LogP contribution in [0.5, 0.6) is 0 Å². The molecule has 0 aromatic heterocycles. The van der Waals surface area contributed by atoms with E-state index in [1.54, 1.807) is 0 Å². The van der Waals surface area contributed by atoms with Gasteiger partial charge >= 0.3 is 30.0 Å². The average Bonchev–Trinajstić information content (AvgIpc) is 2.64. The van der Waals surface area contributed by atoms with Gasteiger partial charge < -0.3 is 28.4 Å². The first-order valence-electron chi connectivity index (χ1n) is 9.78. The van der Waals surface area contributed by atoms with Crippen molar-refractivity contribution in [2.24, 2.45) is 0 Å². The van der Waals surface area contributed by atoms with Gasteiger partial charge in [-0.3, -0.25) is 24.5 Å². The maximum Gasteiger partial charge on any atom is 0.409 e. The molecule has 0 spiro atoms. The largest absolute Gasteiger partial charge is 0.463 e. The van der Waals surface area contributed by atoms with E-state index in [0.29, 0.717) is 6.42 Å². The summed E-state index contributed by atoms with van der Waals surface area (Å²) >= 11 is 0. The first-order chi connectivity index (χ1) is 14.5. The van der Waals surface area contributed by atoms with Gasteiger partial charge in [-0.2, -0.15) is 0 Å². The predicted octanol–water partition coefficient (Wildman–Crippen LogP) is 0.596. The summed E-state index contributed by atoms with van der Waals surface area (Å²) in [6, 6.07) is 0. The minimum Gasteiger partial charge on any atom is -0.463 e. The highest BCUT2D eigenvalue weighted by molar-refractivity contribution is 5.70. The summed E-state index contributed by atoms with van der Waals surface area (Å²) in [7, 11) is 0. The molecule has 1 saturated heterocycles. The van der Waals surface area contributed by atoms with Crippen molar-refractivity contribution in [3.05, 3.63) is 0 Å². The Balaban J connectivity index is 3.23. The number of alkyl carbamates (subject to hydrolysis) is 1. The first-order valence-corrected chi connectivity index (χ1v) is 9.78. The summed E-state index contributed by atoms with van der Waals surface area (Å²) in [5.74, 6) is -2.92. The highest BCUT2D eigenvalue weighted by Crippen LogP contribution is 2.28. The number of hydrogen-bond acceptors (Lipinski definition) is 11. The van der Waals surface area contributed by atoms with E-state index in [9.17, 15) is 24.0 Å². The van der Waals surface area contributed by atoms with Crippen LogP contribution in [-0.4, -0.2) is 73.8 Å². The molecule has 1 amide bonds. The first kappa shape index (κ1) is 26.1. The maximum atomic E-state index is 12.1. The number of carbonyl (C=O) groups is 5. The van der Waals surface area contributed by atoms with Crippen LogP contribution in [0.3, 0.4) is 0 Å². The van der Waals surface area contributed by atoms with Crippen LogP contribution in [0.15, 0.2) is 0 Å². The SMILES string of the molecule is CCCCOC(=O)NC1OC(COC(C)=O)C(OC(C)=O)C(OC(C)=O)C1OC(C)=O. The Morgan fingerprint density at radius 2 is 1.32 bits per heavy atom. The Bertz CT molecular complexity index is 665. The van der Waals surface area contributed by atoms with Crippen molar-refractivity contribution >= 4 is 30.0 Å². The molecule has 0 bridgehead atoms. The van der Waals surface area contributed by atoms with Crippen LogP contribution in [-0.2, 0) is 47.6 Å². The van der Waals surface area contributed by atoms with Crippen molar-refractivity contribution in [3.8, 4) is 0 Å². The second kappa shape index (κ2) is 12.7. The molecule has 1 aliphatic rings. The highest BCUT2D eigenvalue weighted by Gasteiger charge is 2.52. The Morgan fingerprint density at radius 3 is 1.84 bits per heavy atom. The van der Waals surface area contributed by atoms with Crippen LogP contribution in [0.1, 0.15) is 47.5 Å². The van der Waals surface area contributed by atoms with Crippen molar-refractivity contribution in [2.75, 3.05) is 13.2 Å². The predicted molar refractivity (Wildman–Crippen MR) is 101 cm³/mol. The number of carbonyl (C=O) groups excluding carboxylic acids is 5. The fourth-order valence-electron chi connectivity index (χ4n) is 2.81. The number of amides is 1. The molecule has 0 aromatic carbocycles. The molecule has 31 heavy (non-hydrogen) atoms. The van der Waals surface area contributed by atoms with Crippen molar-refractivity contribution in [2.45, 2.75) is 78.1 Å². The van der Waals surface area contributed by atoms with Gasteiger partial charge in [0.25, 0.3) is 0 Å². The van der Waals surface area contributed by atoms with Gasteiger partial charge in [-0.05, 0) is 6.42 Å². The molecular formula is C19H29NO11. The Kier molecular flexibility index (Phi) is 10.7. The van der Waals surface area contributed by atoms with E-state index >= 15 is 0 Å². The van der Waals surface area contributed by atoms with E-state index in [0.717, 1.165) is 34.1 Å². The Hall–Kier alpha value is -2.89. The van der Waals surface area contributed by atoms with Crippen LogP contribution in [0.25, 0.3) is 0 Å². The van der Waals surface area contributed by atoms with Gasteiger partial charge in [-0.25, -0.2) is 4.79 Å². The monoisotopic (exact) mass is 447 g/mol. The summed E-state index contributed by atoms with van der Waals surface area (Å²) in [6.07, 6.45) is -5.97. The lowest BCUT2D eigenvalue weighted by molar-refractivity contribution is -0.256. The Morgan fingerprint density at radius 1 is 0.774 bits per heavy atom. The van der Waals surface area contributed by atoms with Crippen molar-refractivity contribution in [1.82, 2.24) is 5.32 Å². The van der Waals surface area contributed by atoms with Gasteiger partial charge in [0.05, 0.1) is 6.61 Å². The number of esters is 4. The lowest BCUT2D eigenvalue weighted by atomic mass is 9.97. The van der Waals surface area contributed by atoms with Crippen molar-refractivity contribution in [1.29, 1.82) is 0 Å². The lowest BCUT2D eigenvalue weighted by Gasteiger charge is -2.44. The summed E-state index contributed by atoms with van der Waals surface area (Å²) in [5, 5.41) is 2.40. The number of nitrogens with one attached hydrogen (secondary N) is 1. The second-order valence-corrected chi connectivity index (χ2v) is 6.75. The highest BCUT2D eigenvalue weighted by atomic mass is 16.7. The minimum atomic E-state index is -1.38. The topological polar surface area (TPSA) is 153 Å². The van der Waals surface area contributed by atoms with E-state index in [1.807, 2.05) is 6.92 Å². The fourth-order valence-corrected chi connectivity index (χ4v) is 2.81. The van der Waals surface area contributed by atoms with Crippen LogP contribution < -0.4 is 5.32 Å². The summed E-state index contributed by atoms with van der Waals surface area (Å²) in [6.45, 7) is 6.16. The molecule has 1 rings (SSSR count). The molecule has 1 aliphatic heterocycles. The fraction of sp³-hybridized carbons (Fsp3) is 0.737. The molecule has 176 valence electrons. The van der Waals surface area contributed by atoms with Gasteiger partial charge in [0.2, 0.25) is 0 Å². The van der Waals surface area contributed by atoms with Crippen LogP contribution in [0.4, 0.5) is 4.79 Å². The summed E-state index contributed by atoms with van der Waals surface area (Å²) < 4.78 is 31.4. The molecule has 0 aromatic rings. The normalized spacial score (nSPS) is 25.0. The minimum absolute atomic E-state index is 0.146. The summed E-state index contributed by atoms with van der Waals surface area (Å²) in [4.78, 5) is 58.4. The second-order valence-electron chi connectivity index (χ2n) is 6.75. The zero-order valence-electron chi connectivity index (χ0n) is 18.2. The third-order valence-electron chi connectivity index (χ3n) is 3.98. The number of rotatable bonds is 9. The van der Waals surface area contributed by atoms with Crippen molar-refractivity contribution in [3.63, 3.8) is 0 Å². The van der Waals surface area contributed by atoms with Crippen LogP contribution in [0.2, 0.25) is 0 Å². The van der Waals surface area contributed by atoms with E-state index in [4.69, 9.17) is 28.4 Å². The standard InChI is InChI=1S/C19H29NO11/c1-6-7-8-26-19(25)20-18-17(30-13(5)24)16(29-12(4)23)15(28-11(3)22)14(31-18)9-27-10(2)21/h14-18H,6-9H2,1-5H3,(H,20,25). The van der Waals surface area contributed by atoms with Gasteiger partial charge in [0.1, 0.15) is 12.7 Å². The molecule has 1 N–H and O–H groups in total. The van der Waals surface area contributed by atoms with Crippen LogP contribution in [0, 0.1) is 0 Å². The Labute approximate surface area is 179 Å². The molecule has 5 atom stereocenters. The molecule has 12 heteroatoms. The smallest absolute Gasteiger partial charge is 0.409 e. The van der Waals surface area contributed by atoms with Gasteiger partial charge in [0.15, 0.2) is 24.5 Å².